The van der Waals surface area contributed by atoms with Gasteiger partial charge in [0.05, 0.1) is 0 Å². The molecule has 0 N–H and O–H groups in total. The summed E-state index contributed by atoms with van der Waals surface area (Å²) in [6.45, 7) is 7.51. The molecule has 0 atom stereocenters. The van der Waals surface area contributed by atoms with E-state index in [1.807, 2.05) is 21.7 Å². The maximum Gasteiger partial charge on any atom is 0.227 e. The Balaban J connectivity index is 1.29. The van der Waals surface area contributed by atoms with Crippen LogP contribution >= 0.6 is 11.3 Å². The predicted octanol–water partition coefficient (Wildman–Crippen LogP) is 3.70. The molecule has 0 aliphatic carbocycles. The summed E-state index contributed by atoms with van der Waals surface area (Å²) >= 11 is 1.59. The number of thiophene rings is 1. The van der Waals surface area contributed by atoms with Gasteiger partial charge in [-0.05, 0) is 42.5 Å². The fraction of sp³-hybridized carbons (Fsp3) is 0.381. The fourth-order valence-corrected chi connectivity index (χ4v) is 4.15. The van der Waals surface area contributed by atoms with Crippen molar-refractivity contribution in [1.29, 1.82) is 0 Å². The number of carbonyl (C=O) groups excluding carboxylic acids is 1. The van der Waals surface area contributed by atoms with Gasteiger partial charge in [-0.25, -0.2) is 0 Å². The van der Waals surface area contributed by atoms with Crippen molar-refractivity contribution in [2.75, 3.05) is 31.1 Å². The van der Waals surface area contributed by atoms with Gasteiger partial charge in [-0.2, -0.15) is 16.3 Å². The lowest BCUT2D eigenvalue weighted by atomic mass is 10.1. The highest BCUT2D eigenvalue weighted by molar-refractivity contribution is 7.08. The van der Waals surface area contributed by atoms with Crippen LogP contribution in [-0.2, 0) is 11.2 Å². The average molecular weight is 397 g/mol. The minimum Gasteiger partial charge on any atom is -0.368 e. The van der Waals surface area contributed by atoms with Crippen LogP contribution in [0.15, 0.2) is 39.5 Å². The van der Waals surface area contributed by atoms with Gasteiger partial charge >= 0.3 is 0 Å². The van der Waals surface area contributed by atoms with Crippen molar-refractivity contribution >= 4 is 22.9 Å². The molecule has 4 rings (SSSR count). The normalized spacial score (nSPS) is 14.5. The summed E-state index contributed by atoms with van der Waals surface area (Å²) in [4.78, 5) is 21.3. The van der Waals surface area contributed by atoms with E-state index in [0.717, 1.165) is 31.7 Å². The summed E-state index contributed by atoms with van der Waals surface area (Å²) in [6, 6.07) is 8.37. The van der Waals surface area contributed by atoms with Gasteiger partial charge in [0.15, 0.2) is 0 Å². The summed E-state index contributed by atoms with van der Waals surface area (Å²) < 4.78 is 5.29. The lowest BCUT2D eigenvalue weighted by Crippen LogP contribution is -2.49. The third kappa shape index (κ3) is 3.94. The molecule has 3 heterocycles. The number of carbonyl (C=O) groups is 1. The minimum absolute atomic E-state index is 0.149. The molecule has 0 unspecified atom stereocenters. The van der Waals surface area contributed by atoms with Gasteiger partial charge in [0.25, 0.3) is 0 Å². The van der Waals surface area contributed by atoms with Crippen LogP contribution in [0.3, 0.4) is 0 Å². The molecule has 1 amide bonds. The number of aromatic nitrogens is 2. The van der Waals surface area contributed by atoms with E-state index in [0.29, 0.717) is 24.6 Å². The Morgan fingerprint density at radius 1 is 1.18 bits per heavy atom. The van der Waals surface area contributed by atoms with Crippen LogP contribution in [0.2, 0.25) is 0 Å². The van der Waals surface area contributed by atoms with Crippen LogP contribution in [-0.4, -0.2) is 47.1 Å². The summed E-state index contributed by atoms with van der Waals surface area (Å²) in [5.41, 5.74) is 4.85. The molecule has 1 aliphatic heterocycles. The number of hydrogen-bond donors (Lipinski definition) is 0. The van der Waals surface area contributed by atoms with E-state index in [1.165, 1.54) is 16.8 Å². The Kier molecular flexibility index (Phi) is 5.43. The number of aryl methyl sites for hydroxylation is 2. The lowest BCUT2D eigenvalue weighted by Gasteiger charge is -2.37. The Morgan fingerprint density at radius 3 is 2.75 bits per heavy atom. The molecule has 1 fully saturated rings. The van der Waals surface area contributed by atoms with Gasteiger partial charge in [0.2, 0.25) is 17.6 Å². The van der Waals surface area contributed by atoms with Crippen molar-refractivity contribution in [3.05, 3.63) is 52.0 Å². The lowest BCUT2D eigenvalue weighted by molar-refractivity contribution is -0.131. The van der Waals surface area contributed by atoms with Gasteiger partial charge in [-0.15, -0.1) is 0 Å². The highest BCUT2D eigenvalue weighted by Crippen LogP contribution is 2.24. The molecule has 3 aromatic rings. The second kappa shape index (κ2) is 8.14. The van der Waals surface area contributed by atoms with Crippen LogP contribution in [0.5, 0.6) is 0 Å². The van der Waals surface area contributed by atoms with Crippen LogP contribution in [0.1, 0.15) is 23.4 Å². The molecule has 146 valence electrons. The first kappa shape index (κ1) is 18.7. The molecule has 0 spiro atoms. The number of hydrogen-bond acceptors (Lipinski definition) is 6. The van der Waals surface area contributed by atoms with Gasteiger partial charge in [-0.3, -0.25) is 4.79 Å². The summed E-state index contributed by atoms with van der Waals surface area (Å²) in [5.74, 6) is 1.25. The van der Waals surface area contributed by atoms with Gasteiger partial charge in [-0.1, -0.05) is 17.3 Å². The highest BCUT2D eigenvalue weighted by atomic mass is 32.1. The molecule has 7 heteroatoms. The number of anilines is 1. The van der Waals surface area contributed by atoms with Crippen LogP contribution in [0.4, 0.5) is 5.69 Å². The zero-order valence-electron chi connectivity index (χ0n) is 16.2. The van der Waals surface area contributed by atoms with E-state index in [4.69, 9.17) is 4.52 Å². The van der Waals surface area contributed by atoms with Crippen molar-refractivity contribution in [2.24, 2.45) is 0 Å². The number of piperazine rings is 1. The summed E-state index contributed by atoms with van der Waals surface area (Å²) in [6.07, 6.45) is 0.877. The van der Waals surface area contributed by atoms with Crippen LogP contribution in [0.25, 0.3) is 11.4 Å². The zero-order chi connectivity index (χ0) is 19.5. The van der Waals surface area contributed by atoms with E-state index < -0.39 is 0 Å². The molecular weight excluding hydrogens is 372 g/mol. The van der Waals surface area contributed by atoms with E-state index >= 15 is 0 Å². The number of benzene rings is 1. The fourth-order valence-electron chi connectivity index (χ4n) is 3.51. The molecule has 1 saturated heterocycles. The van der Waals surface area contributed by atoms with Crippen molar-refractivity contribution in [2.45, 2.75) is 26.7 Å². The molecule has 2 aromatic heterocycles. The first-order valence-electron chi connectivity index (χ1n) is 9.56. The maximum atomic E-state index is 12.6. The highest BCUT2D eigenvalue weighted by Gasteiger charge is 2.22. The van der Waals surface area contributed by atoms with Crippen molar-refractivity contribution < 1.29 is 9.32 Å². The molecular formula is C21H24N4O2S. The molecule has 0 bridgehead atoms. The standard InChI is InChI=1S/C21H24N4O2S/c1-15-4-3-5-18(16(15)2)24-9-11-25(12-10-24)20(26)7-6-19-22-21(23-27-19)17-8-13-28-14-17/h3-5,8,13-14H,6-7,9-12H2,1-2H3. The van der Waals surface area contributed by atoms with Crippen LogP contribution < -0.4 is 4.90 Å². The third-order valence-corrected chi connectivity index (χ3v) is 6.03. The molecule has 28 heavy (non-hydrogen) atoms. The van der Waals surface area contributed by atoms with Crippen LogP contribution in [0, 0.1) is 13.8 Å². The van der Waals surface area contributed by atoms with Crippen molar-refractivity contribution in [3.63, 3.8) is 0 Å². The zero-order valence-corrected chi connectivity index (χ0v) is 17.0. The van der Waals surface area contributed by atoms with E-state index in [2.05, 4.69) is 47.1 Å². The Labute approximate surface area is 168 Å². The van der Waals surface area contributed by atoms with E-state index in [-0.39, 0.29) is 5.91 Å². The largest absolute Gasteiger partial charge is 0.368 e. The molecule has 0 saturated carbocycles. The second-order valence-corrected chi connectivity index (χ2v) is 7.89. The first-order valence-corrected chi connectivity index (χ1v) is 10.5. The molecule has 0 radical (unpaired) electrons. The Hall–Kier alpha value is -2.67. The third-order valence-electron chi connectivity index (χ3n) is 5.35. The average Bonchev–Trinajstić information content (AvgIpc) is 3.40. The van der Waals surface area contributed by atoms with E-state index in [1.54, 1.807) is 11.3 Å². The van der Waals surface area contributed by atoms with Crippen molar-refractivity contribution in [1.82, 2.24) is 15.0 Å². The number of nitrogens with zero attached hydrogens (tertiary/aromatic N) is 4. The Bertz CT molecular complexity index is 943. The van der Waals surface area contributed by atoms with Gasteiger partial charge < -0.3 is 14.3 Å². The minimum atomic E-state index is 0.149. The molecule has 1 aliphatic rings. The number of amides is 1. The maximum absolute atomic E-state index is 12.6. The predicted molar refractivity (Wildman–Crippen MR) is 111 cm³/mol. The SMILES string of the molecule is Cc1cccc(N2CCN(C(=O)CCc3nc(-c4ccsc4)no3)CC2)c1C. The van der Waals surface area contributed by atoms with Crippen molar-refractivity contribution in [3.8, 4) is 11.4 Å². The topological polar surface area (TPSA) is 62.5 Å². The number of rotatable bonds is 5. The smallest absolute Gasteiger partial charge is 0.227 e. The summed E-state index contributed by atoms with van der Waals surface area (Å²) in [7, 11) is 0. The Morgan fingerprint density at radius 2 is 2.00 bits per heavy atom. The first-order chi connectivity index (χ1) is 13.6. The quantitative estimate of drug-likeness (QED) is 0.658. The molecule has 1 aromatic carbocycles. The van der Waals surface area contributed by atoms with Gasteiger partial charge in [0.1, 0.15) is 0 Å². The second-order valence-electron chi connectivity index (χ2n) is 7.11. The monoisotopic (exact) mass is 396 g/mol. The summed E-state index contributed by atoms with van der Waals surface area (Å²) in [5, 5.41) is 7.96. The van der Waals surface area contributed by atoms with Gasteiger partial charge in [0, 0.05) is 55.7 Å². The van der Waals surface area contributed by atoms with E-state index in [9.17, 15) is 4.79 Å². The molecule has 6 nitrogen and oxygen atoms in total.